The van der Waals surface area contributed by atoms with Crippen LogP contribution < -0.4 is 5.69 Å². The monoisotopic (exact) mass is 347 g/mol. The summed E-state index contributed by atoms with van der Waals surface area (Å²) in [6.07, 6.45) is 0.543. The van der Waals surface area contributed by atoms with Crippen molar-refractivity contribution in [1.82, 2.24) is 14.5 Å². The van der Waals surface area contributed by atoms with E-state index < -0.39 is 5.97 Å². The maximum atomic E-state index is 12.2. The van der Waals surface area contributed by atoms with Crippen molar-refractivity contribution >= 4 is 27.9 Å². The van der Waals surface area contributed by atoms with Crippen molar-refractivity contribution in [2.24, 2.45) is 0 Å². The minimum Gasteiger partial charge on any atom is -0.461 e. The Morgan fingerprint density at radius 1 is 1.04 bits per heavy atom. The average molecular weight is 347 g/mol. The molecule has 6 heteroatoms. The van der Waals surface area contributed by atoms with Crippen molar-refractivity contribution < 1.29 is 9.53 Å². The second-order valence-electron chi connectivity index (χ2n) is 5.98. The molecule has 0 atom stereocenters. The van der Waals surface area contributed by atoms with Crippen molar-refractivity contribution in [2.45, 2.75) is 13.0 Å². The van der Waals surface area contributed by atoms with Gasteiger partial charge in [0.2, 0.25) is 0 Å². The highest BCUT2D eigenvalue weighted by atomic mass is 16.5. The van der Waals surface area contributed by atoms with Gasteiger partial charge in [0, 0.05) is 11.9 Å². The summed E-state index contributed by atoms with van der Waals surface area (Å²) in [5.41, 5.74) is 2.53. The third kappa shape index (κ3) is 3.09. The Morgan fingerprint density at radius 2 is 1.85 bits per heavy atom. The fourth-order valence-electron chi connectivity index (χ4n) is 2.97. The van der Waals surface area contributed by atoms with Crippen molar-refractivity contribution in [3.05, 3.63) is 76.8 Å². The Kier molecular flexibility index (Phi) is 4.23. The van der Waals surface area contributed by atoms with Crippen LogP contribution in [0.3, 0.4) is 0 Å². The lowest BCUT2D eigenvalue weighted by molar-refractivity contribution is 0.0489. The van der Waals surface area contributed by atoms with Gasteiger partial charge >= 0.3 is 11.7 Å². The fraction of sp³-hybridized carbons (Fsp3) is 0.150. The number of para-hydroxylation sites is 3. The number of benzene rings is 2. The first-order chi connectivity index (χ1) is 12.7. The molecule has 0 aliphatic carbocycles. The lowest BCUT2D eigenvalue weighted by Gasteiger charge is -2.06. The number of carbonyl (C=O) groups is 1. The molecule has 0 unspecified atom stereocenters. The molecule has 4 aromatic rings. The van der Waals surface area contributed by atoms with Gasteiger partial charge in [0.15, 0.2) is 0 Å². The SMILES string of the molecule is O=C(OCCCn1c(=O)[nH]c2ccccc21)c1ccc2ccccc2n1. The average Bonchev–Trinajstić information content (AvgIpc) is 3.00. The van der Waals surface area contributed by atoms with Crippen molar-refractivity contribution in [2.75, 3.05) is 6.61 Å². The van der Waals surface area contributed by atoms with Gasteiger partial charge in [-0.05, 0) is 30.7 Å². The number of hydrogen-bond donors (Lipinski definition) is 1. The zero-order valence-electron chi connectivity index (χ0n) is 14.0. The molecule has 2 aromatic carbocycles. The third-order valence-electron chi connectivity index (χ3n) is 4.25. The summed E-state index contributed by atoms with van der Waals surface area (Å²) < 4.78 is 6.95. The van der Waals surface area contributed by atoms with E-state index in [1.54, 1.807) is 10.6 Å². The van der Waals surface area contributed by atoms with Crippen LogP contribution in [0.5, 0.6) is 0 Å². The molecule has 0 saturated carbocycles. The topological polar surface area (TPSA) is 77.0 Å². The van der Waals surface area contributed by atoms with Crippen LogP contribution in [0.2, 0.25) is 0 Å². The molecular formula is C20H17N3O3. The van der Waals surface area contributed by atoms with Crippen LogP contribution >= 0.6 is 0 Å². The predicted octanol–water partition coefficient (Wildman–Crippen LogP) is 3.12. The van der Waals surface area contributed by atoms with E-state index in [-0.39, 0.29) is 18.0 Å². The Balaban J connectivity index is 1.38. The van der Waals surface area contributed by atoms with Gasteiger partial charge in [0.25, 0.3) is 0 Å². The normalized spacial score (nSPS) is 11.1. The molecule has 130 valence electrons. The summed E-state index contributed by atoms with van der Waals surface area (Å²) in [5, 5.41) is 0.975. The summed E-state index contributed by atoms with van der Waals surface area (Å²) in [6.45, 7) is 0.695. The van der Waals surface area contributed by atoms with Gasteiger partial charge in [-0.15, -0.1) is 0 Å². The number of ether oxygens (including phenoxy) is 1. The molecule has 0 bridgehead atoms. The van der Waals surface area contributed by atoms with Gasteiger partial charge in [0.05, 0.1) is 23.2 Å². The number of imidazole rings is 1. The predicted molar refractivity (Wildman–Crippen MR) is 99.2 cm³/mol. The van der Waals surface area contributed by atoms with E-state index in [1.165, 1.54) is 0 Å². The molecule has 1 N–H and O–H groups in total. The Labute approximate surface area is 149 Å². The largest absolute Gasteiger partial charge is 0.461 e. The van der Waals surface area contributed by atoms with Gasteiger partial charge in [-0.1, -0.05) is 36.4 Å². The number of aromatic nitrogens is 3. The van der Waals surface area contributed by atoms with Crippen molar-refractivity contribution in [3.63, 3.8) is 0 Å². The zero-order chi connectivity index (χ0) is 17.9. The Morgan fingerprint density at radius 3 is 2.77 bits per heavy atom. The number of carbonyl (C=O) groups excluding carboxylic acids is 1. The molecule has 0 amide bonds. The molecule has 2 aromatic heterocycles. The van der Waals surface area contributed by atoms with E-state index in [1.807, 2.05) is 54.6 Å². The molecule has 0 aliphatic heterocycles. The van der Waals surface area contributed by atoms with Gasteiger partial charge in [-0.2, -0.15) is 0 Å². The lowest BCUT2D eigenvalue weighted by Crippen LogP contribution is -2.18. The minimum atomic E-state index is -0.456. The van der Waals surface area contributed by atoms with Crippen LogP contribution in [0.15, 0.2) is 65.5 Å². The molecule has 4 rings (SSSR count). The number of esters is 1. The van der Waals surface area contributed by atoms with E-state index >= 15 is 0 Å². The summed E-state index contributed by atoms with van der Waals surface area (Å²) in [7, 11) is 0. The van der Waals surface area contributed by atoms with Crippen LogP contribution in [0, 0.1) is 0 Å². The number of aryl methyl sites for hydroxylation is 1. The van der Waals surface area contributed by atoms with Crippen LogP contribution in [0.1, 0.15) is 16.9 Å². The molecule has 0 spiro atoms. The highest BCUT2D eigenvalue weighted by Gasteiger charge is 2.10. The Bertz CT molecular complexity index is 1140. The molecule has 0 radical (unpaired) electrons. The highest BCUT2D eigenvalue weighted by Crippen LogP contribution is 2.13. The standard InChI is InChI=1S/C20H17N3O3/c24-19(17-11-10-14-6-1-2-7-15(14)21-17)26-13-5-12-23-18-9-4-3-8-16(18)22-20(23)25/h1-4,6-11H,5,12-13H2,(H,22,25). The lowest BCUT2D eigenvalue weighted by atomic mass is 10.2. The number of aromatic amines is 1. The third-order valence-corrected chi connectivity index (χ3v) is 4.25. The van der Waals surface area contributed by atoms with Gasteiger partial charge in [-0.25, -0.2) is 14.6 Å². The number of H-pyrrole nitrogens is 1. The number of hydrogen-bond acceptors (Lipinski definition) is 4. The van der Waals surface area contributed by atoms with Crippen LogP contribution in [-0.2, 0) is 11.3 Å². The van der Waals surface area contributed by atoms with Crippen LogP contribution in [0.4, 0.5) is 0 Å². The van der Waals surface area contributed by atoms with Gasteiger partial charge in [0.1, 0.15) is 5.69 Å². The number of pyridine rings is 1. The van der Waals surface area contributed by atoms with Crippen LogP contribution in [-0.4, -0.2) is 27.1 Å². The summed E-state index contributed by atoms with van der Waals surface area (Å²) in [6, 6.07) is 18.6. The molecular weight excluding hydrogens is 330 g/mol. The minimum absolute atomic E-state index is 0.159. The summed E-state index contributed by atoms with van der Waals surface area (Å²) >= 11 is 0. The number of fused-ring (bicyclic) bond motifs is 2. The maximum Gasteiger partial charge on any atom is 0.356 e. The second-order valence-corrected chi connectivity index (χ2v) is 5.98. The fourth-order valence-corrected chi connectivity index (χ4v) is 2.97. The molecule has 6 nitrogen and oxygen atoms in total. The van der Waals surface area contributed by atoms with Crippen molar-refractivity contribution in [3.8, 4) is 0 Å². The Hall–Kier alpha value is -3.41. The second kappa shape index (κ2) is 6.84. The molecule has 0 fully saturated rings. The smallest absolute Gasteiger partial charge is 0.356 e. The molecule has 26 heavy (non-hydrogen) atoms. The molecule has 0 saturated heterocycles. The first-order valence-electron chi connectivity index (χ1n) is 8.43. The summed E-state index contributed by atoms with van der Waals surface area (Å²) in [4.78, 5) is 31.3. The van der Waals surface area contributed by atoms with E-state index in [9.17, 15) is 9.59 Å². The van der Waals surface area contributed by atoms with Gasteiger partial charge in [-0.3, -0.25) is 4.57 Å². The molecule has 2 heterocycles. The summed E-state index contributed by atoms with van der Waals surface area (Å²) in [5.74, 6) is -0.456. The van der Waals surface area contributed by atoms with E-state index in [0.717, 1.165) is 21.9 Å². The van der Waals surface area contributed by atoms with E-state index in [2.05, 4.69) is 9.97 Å². The highest BCUT2D eigenvalue weighted by molar-refractivity contribution is 5.91. The first-order valence-corrected chi connectivity index (χ1v) is 8.43. The quantitative estimate of drug-likeness (QED) is 0.444. The van der Waals surface area contributed by atoms with Gasteiger partial charge < -0.3 is 9.72 Å². The first kappa shape index (κ1) is 16.1. The number of nitrogens with zero attached hydrogens (tertiary/aromatic N) is 2. The van der Waals surface area contributed by atoms with Crippen LogP contribution in [0.25, 0.3) is 21.9 Å². The van der Waals surface area contributed by atoms with Crippen molar-refractivity contribution in [1.29, 1.82) is 0 Å². The zero-order valence-corrected chi connectivity index (χ0v) is 14.0. The number of rotatable bonds is 5. The van der Waals surface area contributed by atoms with E-state index in [0.29, 0.717) is 13.0 Å². The maximum absolute atomic E-state index is 12.2. The number of nitrogens with one attached hydrogen (secondary N) is 1. The van der Waals surface area contributed by atoms with E-state index in [4.69, 9.17) is 4.74 Å². The molecule has 0 aliphatic rings.